The number of hydrogen-bond acceptors (Lipinski definition) is 3. The number of hydrogen-bond donors (Lipinski definition) is 0. The van der Waals surface area contributed by atoms with Crippen LogP contribution < -0.4 is 0 Å². The third kappa shape index (κ3) is 3.90. The van der Waals surface area contributed by atoms with Crippen molar-refractivity contribution in [3.05, 3.63) is 22.7 Å². The van der Waals surface area contributed by atoms with Gasteiger partial charge in [-0.3, -0.25) is 0 Å². The highest BCUT2D eigenvalue weighted by atomic mass is 35.5. The molecule has 0 aliphatic heterocycles. The van der Waals surface area contributed by atoms with Crippen molar-refractivity contribution in [2.45, 2.75) is 64.4 Å². The van der Waals surface area contributed by atoms with Gasteiger partial charge in [0.25, 0.3) is 0 Å². The first-order valence-electron chi connectivity index (χ1n) is 7.40. The molecule has 1 aromatic heterocycles. The average molecular weight is 283 g/mol. The molecule has 2 rings (SSSR count). The van der Waals surface area contributed by atoms with E-state index in [1.807, 2.05) is 13.0 Å². The van der Waals surface area contributed by atoms with Gasteiger partial charge in [-0.05, 0) is 32.3 Å². The lowest BCUT2D eigenvalue weighted by Crippen LogP contribution is -2.11. The van der Waals surface area contributed by atoms with Crippen LogP contribution in [0.2, 0.25) is 5.15 Å². The van der Waals surface area contributed by atoms with Crippen LogP contribution in [0.25, 0.3) is 0 Å². The van der Waals surface area contributed by atoms with E-state index in [2.05, 4.69) is 11.9 Å². The molecule has 0 aromatic carbocycles. The third-order valence-corrected chi connectivity index (χ3v) is 3.91. The summed E-state index contributed by atoms with van der Waals surface area (Å²) in [4.78, 5) is 9.10. The molecule has 0 N–H and O–H groups in total. The van der Waals surface area contributed by atoms with Crippen molar-refractivity contribution in [3.63, 3.8) is 0 Å². The molecule has 1 aliphatic carbocycles. The Bertz CT molecular complexity index is 399. The summed E-state index contributed by atoms with van der Waals surface area (Å²) < 4.78 is 5.76. The van der Waals surface area contributed by atoms with Crippen LogP contribution in [0.15, 0.2) is 6.07 Å². The van der Waals surface area contributed by atoms with Crippen LogP contribution in [0.5, 0.6) is 0 Å². The molecule has 1 atom stereocenters. The lowest BCUT2D eigenvalue weighted by atomic mass is 10.0. The second-order valence-electron chi connectivity index (χ2n) is 5.19. The summed E-state index contributed by atoms with van der Waals surface area (Å²) in [5, 5.41) is 0.549. The Morgan fingerprint density at radius 2 is 2.05 bits per heavy atom. The summed E-state index contributed by atoms with van der Waals surface area (Å²) in [6.45, 7) is 4.83. The Morgan fingerprint density at radius 1 is 1.32 bits per heavy atom. The van der Waals surface area contributed by atoms with E-state index in [0.29, 0.717) is 17.7 Å². The van der Waals surface area contributed by atoms with Gasteiger partial charge < -0.3 is 4.74 Å². The quantitative estimate of drug-likeness (QED) is 0.712. The van der Waals surface area contributed by atoms with Crippen molar-refractivity contribution >= 4 is 11.6 Å². The zero-order valence-electron chi connectivity index (χ0n) is 11.9. The van der Waals surface area contributed by atoms with E-state index in [-0.39, 0.29) is 6.10 Å². The summed E-state index contributed by atoms with van der Waals surface area (Å²) in [5.74, 6) is 1.32. The second-order valence-corrected chi connectivity index (χ2v) is 5.58. The Hall–Kier alpha value is -0.670. The number of nitrogens with zero attached hydrogens (tertiary/aromatic N) is 2. The molecule has 1 aliphatic rings. The van der Waals surface area contributed by atoms with Crippen LogP contribution >= 0.6 is 11.6 Å². The van der Waals surface area contributed by atoms with Gasteiger partial charge >= 0.3 is 0 Å². The van der Waals surface area contributed by atoms with E-state index in [9.17, 15) is 0 Å². The SMILES string of the molecule is CCCC(OCC)c1nc(Cl)cc(C2CCCC2)n1. The Balaban J connectivity index is 2.23. The van der Waals surface area contributed by atoms with E-state index >= 15 is 0 Å². The molecule has 0 amide bonds. The van der Waals surface area contributed by atoms with Crippen molar-refractivity contribution in [2.24, 2.45) is 0 Å². The van der Waals surface area contributed by atoms with Gasteiger partial charge in [0.15, 0.2) is 5.82 Å². The molecule has 0 radical (unpaired) electrons. The first kappa shape index (κ1) is 14.7. The molecular formula is C15H23ClN2O. The minimum atomic E-state index is -0.0196. The molecule has 4 heteroatoms. The van der Waals surface area contributed by atoms with Gasteiger partial charge in [0, 0.05) is 18.2 Å². The summed E-state index contributed by atoms with van der Waals surface area (Å²) in [6, 6.07) is 1.93. The van der Waals surface area contributed by atoms with Crippen molar-refractivity contribution in [2.75, 3.05) is 6.61 Å². The lowest BCUT2D eigenvalue weighted by Gasteiger charge is -2.17. The van der Waals surface area contributed by atoms with Gasteiger partial charge in [0.2, 0.25) is 0 Å². The molecule has 1 fully saturated rings. The highest BCUT2D eigenvalue weighted by Gasteiger charge is 2.22. The van der Waals surface area contributed by atoms with E-state index in [1.165, 1.54) is 25.7 Å². The maximum atomic E-state index is 6.17. The monoisotopic (exact) mass is 282 g/mol. The van der Waals surface area contributed by atoms with E-state index < -0.39 is 0 Å². The highest BCUT2D eigenvalue weighted by Crippen LogP contribution is 2.34. The van der Waals surface area contributed by atoms with Crippen LogP contribution in [-0.2, 0) is 4.74 Å². The molecule has 0 saturated heterocycles. The van der Waals surface area contributed by atoms with E-state index in [4.69, 9.17) is 21.3 Å². The third-order valence-electron chi connectivity index (χ3n) is 3.71. The maximum absolute atomic E-state index is 6.17. The normalized spacial score (nSPS) is 17.8. The van der Waals surface area contributed by atoms with Gasteiger partial charge in [0.05, 0.1) is 0 Å². The fraction of sp³-hybridized carbons (Fsp3) is 0.733. The Labute approximate surface area is 120 Å². The van der Waals surface area contributed by atoms with E-state index in [1.54, 1.807) is 0 Å². The lowest BCUT2D eigenvalue weighted by molar-refractivity contribution is 0.0491. The molecule has 1 unspecified atom stereocenters. The number of ether oxygens (including phenoxy) is 1. The molecule has 19 heavy (non-hydrogen) atoms. The second kappa shape index (κ2) is 7.20. The summed E-state index contributed by atoms with van der Waals surface area (Å²) in [5.41, 5.74) is 1.10. The van der Waals surface area contributed by atoms with Crippen LogP contribution in [0.4, 0.5) is 0 Å². The first-order chi connectivity index (χ1) is 9.24. The molecule has 0 spiro atoms. The Kier molecular flexibility index (Phi) is 5.59. The predicted octanol–water partition coefficient (Wildman–Crippen LogP) is 4.67. The van der Waals surface area contributed by atoms with Crippen LogP contribution in [0.3, 0.4) is 0 Å². The molecule has 3 nitrogen and oxygen atoms in total. The molecular weight excluding hydrogens is 260 g/mol. The Morgan fingerprint density at radius 3 is 2.68 bits per heavy atom. The number of rotatable bonds is 6. The minimum absolute atomic E-state index is 0.0196. The zero-order chi connectivity index (χ0) is 13.7. The summed E-state index contributed by atoms with van der Waals surface area (Å²) in [7, 11) is 0. The minimum Gasteiger partial charge on any atom is -0.371 e. The summed E-state index contributed by atoms with van der Waals surface area (Å²) >= 11 is 6.17. The van der Waals surface area contributed by atoms with E-state index in [0.717, 1.165) is 24.4 Å². The average Bonchev–Trinajstić information content (AvgIpc) is 2.91. The fourth-order valence-corrected chi connectivity index (χ4v) is 2.98. The smallest absolute Gasteiger partial charge is 0.159 e. The molecule has 0 bridgehead atoms. The first-order valence-corrected chi connectivity index (χ1v) is 7.78. The molecule has 1 heterocycles. The van der Waals surface area contributed by atoms with Gasteiger partial charge in [-0.2, -0.15) is 0 Å². The highest BCUT2D eigenvalue weighted by molar-refractivity contribution is 6.29. The largest absolute Gasteiger partial charge is 0.371 e. The molecule has 1 aromatic rings. The maximum Gasteiger partial charge on any atom is 0.159 e. The van der Waals surface area contributed by atoms with Gasteiger partial charge in [-0.1, -0.05) is 37.8 Å². The standard InChI is InChI=1S/C15H23ClN2O/c1-3-7-13(19-4-2)15-17-12(10-14(16)18-15)11-8-5-6-9-11/h10-11,13H,3-9H2,1-2H3. The number of aromatic nitrogens is 2. The predicted molar refractivity (Wildman–Crippen MR) is 77.5 cm³/mol. The van der Waals surface area contributed by atoms with Crippen molar-refractivity contribution in [1.29, 1.82) is 0 Å². The number of halogens is 1. The van der Waals surface area contributed by atoms with Crippen molar-refractivity contribution in [1.82, 2.24) is 9.97 Å². The van der Waals surface area contributed by atoms with Gasteiger partial charge in [0.1, 0.15) is 11.3 Å². The van der Waals surface area contributed by atoms with Crippen molar-refractivity contribution < 1.29 is 4.74 Å². The fourth-order valence-electron chi connectivity index (χ4n) is 2.78. The topological polar surface area (TPSA) is 35.0 Å². The summed E-state index contributed by atoms with van der Waals surface area (Å²) in [6.07, 6.45) is 7.02. The molecule has 106 valence electrons. The van der Waals surface area contributed by atoms with Gasteiger partial charge in [-0.25, -0.2) is 9.97 Å². The van der Waals surface area contributed by atoms with Crippen molar-refractivity contribution in [3.8, 4) is 0 Å². The van der Waals surface area contributed by atoms with Crippen LogP contribution in [0.1, 0.15) is 75.9 Å². The molecule has 1 saturated carbocycles. The van der Waals surface area contributed by atoms with Gasteiger partial charge in [-0.15, -0.1) is 0 Å². The van der Waals surface area contributed by atoms with Crippen LogP contribution in [-0.4, -0.2) is 16.6 Å². The van der Waals surface area contributed by atoms with Crippen LogP contribution in [0, 0.1) is 0 Å². The zero-order valence-corrected chi connectivity index (χ0v) is 12.6.